The van der Waals surface area contributed by atoms with Crippen molar-refractivity contribution in [3.05, 3.63) is 179 Å². The van der Waals surface area contributed by atoms with Crippen molar-refractivity contribution in [2.24, 2.45) is 11.8 Å². The summed E-state index contributed by atoms with van der Waals surface area (Å²) < 4.78 is 3.97. The smallest absolute Gasteiger partial charge is 0.319 e. The van der Waals surface area contributed by atoms with E-state index < -0.39 is 23.1 Å². The van der Waals surface area contributed by atoms with Crippen LogP contribution >= 0.6 is 45.3 Å². The van der Waals surface area contributed by atoms with Gasteiger partial charge in [-0.1, -0.05) is 147 Å². The molecule has 0 amide bonds. The number of aromatic nitrogens is 2. The van der Waals surface area contributed by atoms with Crippen LogP contribution in [0.4, 0.5) is 0 Å². The van der Waals surface area contributed by atoms with Crippen molar-refractivity contribution in [1.29, 1.82) is 0 Å². The van der Waals surface area contributed by atoms with E-state index in [0.29, 0.717) is 24.0 Å². The number of carbonyl (C=O) groups excluding carboxylic acids is 2. The number of thiophene rings is 4. The van der Waals surface area contributed by atoms with E-state index in [1.165, 1.54) is 21.9 Å². The molecule has 6 nitrogen and oxygen atoms in total. The van der Waals surface area contributed by atoms with Crippen molar-refractivity contribution >= 4 is 125 Å². The van der Waals surface area contributed by atoms with Crippen LogP contribution in [-0.4, -0.2) is 32.6 Å². The Kier molecular flexibility index (Phi) is 14.5. The maximum Gasteiger partial charge on any atom is 0.319 e. The molecule has 6 heterocycles. The molecule has 0 fully saturated rings. The molecule has 0 saturated heterocycles. The summed E-state index contributed by atoms with van der Waals surface area (Å²) in [7, 11) is 0. The fourth-order valence-electron chi connectivity index (χ4n) is 13.2. The van der Waals surface area contributed by atoms with Crippen LogP contribution < -0.4 is 0 Å². The zero-order valence-corrected chi connectivity index (χ0v) is 52.3. The Morgan fingerprint density at radius 1 is 0.494 bits per heavy atom. The Hall–Kier alpha value is -7.21. The average Bonchev–Trinajstić information content (AvgIpc) is 3.21. The van der Waals surface area contributed by atoms with Crippen LogP contribution in [0, 0.1) is 25.7 Å². The molecule has 0 saturated carbocycles. The lowest BCUT2D eigenvalue weighted by Gasteiger charge is -2.38. The van der Waals surface area contributed by atoms with Gasteiger partial charge in [0.1, 0.15) is 17.0 Å². The number of carbonyl (C=O) groups is 3. The number of ketones is 2. The van der Waals surface area contributed by atoms with Crippen LogP contribution in [0.3, 0.4) is 0 Å². The number of carboxylic acids is 1. The van der Waals surface area contributed by atoms with Gasteiger partial charge >= 0.3 is 5.97 Å². The minimum absolute atomic E-state index is 0.131. The summed E-state index contributed by atoms with van der Waals surface area (Å²) in [4.78, 5) is 61.5. The molecule has 1 unspecified atom stereocenters. The zero-order valence-electron chi connectivity index (χ0n) is 49.0. The third kappa shape index (κ3) is 9.45. The molecule has 12 rings (SSSR count). The SMILES string of the molecule is CCC(CC)C(=O)CC(=O)C(CC)C(C(=O)O)(c1cnc(-c2cc(C(C)(C)C)c3ccccc3c2)c2sc(-c3cc4ccccc4s3)c(C)c12)c1cnc(-c2cc(C(C)(C)C)c3ccccc3c2)c2sc(-c3cc4ccccc4s3)c(C)c12. The van der Waals surface area contributed by atoms with Gasteiger partial charge in [-0.3, -0.25) is 24.4 Å². The van der Waals surface area contributed by atoms with Crippen LogP contribution in [0.5, 0.6) is 0 Å². The maximum atomic E-state index is 16.0. The van der Waals surface area contributed by atoms with Gasteiger partial charge in [0, 0.05) is 86.2 Å². The molecule has 1 N–H and O–H groups in total. The highest BCUT2D eigenvalue weighted by Gasteiger charge is 2.55. The predicted molar refractivity (Wildman–Crippen MR) is 355 cm³/mol. The quantitative estimate of drug-likeness (QED) is 0.103. The number of hydrogen-bond donors (Lipinski definition) is 1. The molecule has 0 radical (unpaired) electrons. The van der Waals surface area contributed by atoms with Crippen molar-refractivity contribution in [3.63, 3.8) is 0 Å². The van der Waals surface area contributed by atoms with Gasteiger partial charge in [-0.05, 0) is 147 Å². The van der Waals surface area contributed by atoms with Crippen molar-refractivity contribution < 1.29 is 19.5 Å². The first kappa shape index (κ1) is 56.3. The molecular formula is C73H68N2O4S4. The largest absolute Gasteiger partial charge is 0.480 e. The van der Waals surface area contributed by atoms with E-state index in [-0.39, 0.29) is 35.4 Å². The van der Waals surface area contributed by atoms with E-state index >= 15 is 9.59 Å². The van der Waals surface area contributed by atoms with Crippen molar-refractivity contribution in [2.75, 3.05) is 0 Å². The molecule has 0 aliphatic heterocycles. The first-order valence-electron chi connectivity index (χ1n) is 29.0. The molecule has 1 atom stereocenters. The van der Waals surface area contributed by atoms with E-state index in [0.717, 1.165) is 104 Å². The Labute approximate surface area is 501 Å². The third-order valence-corrected chi connectivity index (χ3v) is 22.6. The van der Waals surface area contributed by atoms with E-state index in [1.807, 2.05) is 20.8 Å². The molecule has 6 aromatic carbocycles. The first-order valence-corrected chi connectivity index (χ1v) is 32.2. The number of carboxylic acid groups (broad SMARTS) is 1. The number of pyridine rings is 2. The van der Waals surface area contributed by atoms with Crippen LogP contribution in [-0.2, 0) is 30.6 Å². The molecule has 83 heavy (non-hydrogen) atoms. The topological polar surface area (TPSA) is 97.2 Å². The van der Waals surface area contributed by atoms with Gasteiger partial charge in [-0.15, -0.1) is 45.3 Å². The van der Waals surface area contributed by atoms with Gasteiger partial charge in [0.15, 0.2) is 0 Å². The second-order valence-corrected chi connectivity index (χ2v) is 28.8. The molecular weight excluding hydrogens is 1100 g/mol. The minimum atomic E-state index is -2.11. The second kappa shape index (κ2) is 21.4. The molecule has 12 aromatic rings. The Balaban J connectivity index is 1.23. The number of hydrogen-bond acceptors (Lipinski definition) is 9. The van der Waals surface area contributed by atoms with E-state index in [9.17, 15) is 9.90 Å². The number of benzene rings is 6. The average molecular weight is 1170 g/mol. The zero-order chi connectivity index (χ0) is 58.4. The predicted octanol–water partition coefficient (Wildman–Crippen LogP) is 20.9. The standard InChI is InChI=1S/C73H68N2O4S4/c1-12-42(13-2)56(76)37-57(77)51(14-3)73(70(78)79,54-38-74-64(47-31-43-23-15-19-27-49(43)52(33-47)71(6,7)8)68-62(54)40(4)66(82-68)60-35-45-25-17-21-29-58(45)80-60)55-39-75-65(48-32-44-24-16-20-28-50(44)53(34-48)72(9,10)11)69-63(55)41(5)67(83-69)61-36-46-26-18-22-30-59(46)81-61/h15-36,38-39,42,51H,12-14,37H2,1-11H3,(H,78,79). The van der Waals surface area contributed by atoms with Crippen LogP contribution in [0.2, 0.25) is 0 Å². The van der Waals surface area contributed by atoms with Gasteiger partial charge in [-0.25, -0.2) is 0 Å². The van der Waals surface area contributed by atoms with Crippen LogP contribution in [0.25, 0.3) is 104 Å². The number of aliphatic carboxylic acids is 1. The maximum absolute atomic E-state index is 16.0. The fraction of sp³-hybridized carbons (Fsp3) is 0.274. The Morgan fingerprint density at radius 2 is 0.904 bits per heavy atom. The van der Waals surface area contributed by atoms with Crippen LogP contribution in [0.15, 0.2) is 146 Å². The van der Waals surface area contributed by atoms with Crippen molar-refractivity contribution in [1.82, 2.24) is 9.97 Å². The number of fused-ring (bicyclic) bond motifs is 6. The van der Waals surface area contributed by atoms with E-state index in [4.69, 9.17) is 9.97 Å². The molecule has 6 aromatic heterocycles. The number of Topliss-reactive ketones (excluding diaryl/α,β-unsaturated/α-hetero) is 2. The Bertz CT molecular complexity index is 4260. The highest BCUT2D eigenvalue weighted by atomic mass is 32.1. The lowest BCUT2D eigenvalue weighted by molar-refractivity contribution is -0.148. The fourth-order valence-corrected chi connectivity index (χ4v) is 18.3. The van der Waals surface area contributed by atoms with Gasteiger partial charge < -0.3 is 5.11 Å². The lowest BCUT2D eigenvalue weighted by Crippen LogP contribution is -2.48. The van der Waals surface area contributed by atoms with Gasteiger partial charge in [0.25, 0.3) is 0 Å². The summed E-state index contributed by atoms with van der Waals surface area (Å²) in [6, 6.07) is 47.2. The van der Waals surface area contributed by atoms with Gasteiger partial charge in [0.05, 0.1) is 27.2 Å². The van der Waals surface area contributed by atoms with E-state index in [2.05, 4.69) is 189 Å². The molecule has 0 aliphatic rings. The van der Waals surface area contributed by atoms with Gasteiger partial charge in [-0.2, -0.15) is 0 Å². The van der Waals surface area contributed by atoms with Gasteiger partial charge in [0.2, 0.25) is 0 Å². The number of aryl methyl sites for hydroxylation is 2. The lowest BCUT2D eigenvalue weighted by atomic mass is 9.61. The summed E-state index contributed by atoms with van der Waals surface area (Å²) in [6.45, 7) is 23.5. The molecule has 0 spiro atoms. The minimum Gasteiger partial charge on any atom is -0.480 e. The summed E-state index contributed by atoms with van der Waals surface area (Å²) in [5.74, 6) is -3.30. The Morgan fingerprint density at radius 3 is 1.29 bits per heavy atom. The van der Waals surface area contributed by atoms with Crippen LogP contribution in [0.1, 0.15) is 121 Å². The third-order valence-electron chi connectivity index (χ3n) is 17.4. The molecule has 0 aliphatic carbocycles. The second-order valence-electron chi connectivity index (χ2n) is 24.5. The highest BCUT2D eigenvalue weighted by Crippen LogP contribution is 2.56. The summed E-state index contributed by atoms with van der Waals surface area (Å²) in [6.07, 6.45) is 4.47. The number of rotatable bonds is 15. The monoisotopic (exact) mass is 1160 g/mol. The first-order chi connectivity index (χ1) is 39.8. The van der Waals surface area contributed by atoms with Crippen molar-refractivity contribution in [3.8, 4) is 42.0 Å². The summed E-state index contributed by atoms with van der Waals surface area (Å²) in [5.41, 5.74) is 5.80. The summed E-state index contributed by atoms with van der Waals surface area (Å²) >= 11 is 6.71. The van der Waals surface area contributed by atoms with Crippen molar-refractivity contribution in [2.45, 2.75) is 118 Å². The number of nitrogens with zero attached hydrogens (tertiary/aromatic N) is 2. The van der Waals surface area contributed by atoms with E-state index in [1.54, 1.807) is 57.7 Å². The molecule has 0 bridgehead atoms. The highest BCUT2D eigenvalue weighted by molar-refractivity contribution is 7.29. The molecule has 10 heteroatoms. The molecule has 418 valence electrons. The summed E-state index contributed by atoms with van der Waals surface area (Å²) in [5, 5.41) is 21.3. The normalized spacial score (nSPS) is 13.0.